The van der Waals surface area contributed by atoms with Gasteiger partial charge in [-0.3, -0.25) is 0 Å². The summed E-state index contributed by atoms with van der Waals surface area (Å²) in [5, 5.41) is 8.39. The number of rotatable bonds is 4. The molecule has 0 spiro atoms. The monoisotopic (exact) mass is 266 g/mol. The second-order valence-corrected chi connectivity index (χ2v) is 4.55. The first-order valence-electron chi connectivity index (χ1n) is 5.58. The lowest BCUT2D eigenvalue weighted by Crippen LogP contribution is -2.09. The lowest BCUT2D eigenvalue weighted by molar-refractivity contribution is 0.287. The van der Waals surface area contributed by atoms with Crippen molar-refractivity contribution in [1.29, 1.82) is 0 Å². The summed E-state index contributed by atoms with van der Waals surface area (Å²) in [5.41, 5.74) is 6.77. The second kappa shape index (κ2) is 5.37. The molecule has 1 aromatic carbocycles. The molecule has 1 aromatic heterocycles. The van der Waals surface area contributed by atoms with Gasteiger partial charge in [0.1, 0.15) is 18.7 Å². The number of nitrogens with zero attached hydrogens (tertiary/aromatic N) is 3. The van der Waals surface area contributed by atoms with Gasteiger partial charge in [-0.15, -0.1) is 10.2 Å². The number of benzene rings is 1. The van der Waals surface area contributed by atoms with E-state index in [1.807, 2.05) is 30.7 Å². The Kier molecular flexibility index (Phi) is 3.84. The van der Waals surface area contributed by atoms with E-state index in [0.717, 1.165) is 17.1 Å². The molecule has 2 rings (SSSR count). The third kappa shape index (κ3) is 2.80. The SMILES string of the molecule is CC(N)c1cc(Cl)ccc1OCc1nncn1C. The van der Waals surface area contributed by atoms with E-state index >= 15 is 0 Å². The largest absolute Gasteiger partial charge is 0.485 e. The molecule has 0 saturated carbocycles. The lowest BCUT2D eigenvalue weighted by atomic mass is 10.1. The van der Waals surface area contributed by atoms with E-state index in [-0.39, 0.29) is 6.04 Å². The standard InChI is InChI=1S/C12H15ClN4O/c1-8(14)10-5-9(13)3-4-11(10)18-6-12-16-15-7-17(12)2/h3-5,7-8H,6,14H2,1-2H3. The smallest absolute Gasteiger partial charge is 0.170 e. The summed E-state index contributed by atoms with van der Waals surface area (Å²) in [6.07, 6.45) is 1.63. The van der Waals surface area contributed by atoms with Crippen molar-refractivity contribution in [2.75, 3.05) is 0 Å². The fourth-order valence-corrected chi connectivity index (χ4v) is 1.77. The van der Waals surface area contributed by atoms with E-state index in [1.54, 1.807) is 12.4 Å². The van der Waals surface area contributed by atoms with Gasteiger partial charge in [0.05, 0.1) is 0 Å². The summed E-state index contributed by atoms with van der Waals surface area (Å²) in [5.74, 6) is 1.47. The third-order valence-corrected chi connectivity index (χ3v) is 2.86. The Morgan fingerprint density at radius 1 is 1.50 bits per heavy atom. The van der Waals surface area contributed by atoms with Gasteiger partial charge in [0.15, 0.2) is 5.82 Å². The van der Waals surface area contributed by atoms with E-state index in [9.17, 15) is 0 Å². The molecular formula is C12H15ClN4O. The van der Waals surface area contributed by atoms with Crippen LogP contribution in [0.2, 0.25) is 5.02 Å². The molecule has 1 unspecified atom stereocenters. The van der Waals surface area contributed by atoms with E-state index < -0.39 is 0 Å². The quantitative estimate of drug-likeness (QED) is 0.920. The van der Waals surface area contributed by atoms with E-state index in [0.29, 0.717) is 11.6 Å². The Morgan fingerprint density at radius 2 is 2.28 bits per heavy atom. The average molecular weight is 267 g/mol. The summed E-state index contributed by atoms with van der Waals surface area (Å²) in [6, 6.07) is 5.27. The highest BCUT2D eigenvalue weighted by molar-refractivity contribution is 6.30. The molecule has 2 aromatic rings. The Morgan fingerprint density at radius 3 is 2.89 bits per heavy atom. The highest BCUT2D eigenvalue weighted by Gasteiger charge is 2.10. The fourth-order valence-electron chi connectivity index (χ4n) is 1.59. The molecule has 1 atom stereocenters. The molecule has 0 amide bonds. The minimum absolute atomic E-state index is 0.141. The number of halogens is 1. The van der Waals surface area contributed by atoms with Gasteiger partial charge < -0.3 is 15.0 Å². The highest BCUT2D eigenvalue weighted by Crippen LogP contribution is 2.27. The van der Waals surface area contributed by atoms with Crippen LogP contribution >= 0.6 is 11.6 Å². The maximum Gasteiger partial charge on any atom is 0.170 e. The van der Waals surface area contributed by atoms with Crippen molar-refractivity contribution in [2.45, 2.75) is 19.6 Å². The second-order valence-electron chi connectivity index (χ2n) is 4.12. The van der Waals surface area contributed by atoms with Crippen molar-refractivity contribution < 1.29 is 4.74 Å². The average Bonchev–Trinajstić information content (AvgIpc) is 2.73. The molecular weight excluding hydrogens is 252 g/mol. The summed E-state index contributed by atoms with van der Waals surface area (Å²) < 4.78 is 7.52. The normalized spacial score (nSPS) is 12.4. The molecule has 0 aliphatic carbocycles. The Hall–Kier alpha value is -1.59. The van der Waals surface area contributed by atoms with Crippen LogP contribution in [0.4, 0.5) is 0 Å². The molecule has 1 heterocycles. The van der Waals surface area contributed by atoms with Gasteiger partial charge in [-0.05, 0) is 25.1 Å². The topological polar surface area (TPSA) is 66.0 Å². The molecule has 0 fully saturated rings. The zero-order chi connectivity index (χ0) is 13.1. The van der Waals surface area contributed by atoms with E-state index in [1.165, 1.54) is 0 Å². The zero-order valence-electron chi connectivity index (χ0n) is 10.3. The van der Waals surface area contributed by atoms with Gasteiger partial charge in [-0.25, -0.2) is 0 Å². The maximum atomic E-state index is 5.95. The minimum atomic E-state index is -0.141. The lowest BCUT2D eigenvalue weighted by Gasteiger charge is -2.14. The molecule has 5 nitrogen and oxygen atoms in total. The first kappa shape index (κ1) is 12.9. The molecule has 0 radical (unpaired) electrons. The number of hydrogen-bond acceptors (Lipinski definition) is 4. The van der Waals surface area contributed by atoms with Crippen LogP contribution in [0.25, 0.3) is 0 Å². The van der Waals surface area contributed by atoms with Crippen molar-refractivity contribution in [1.82, 2.24) is 14.8 Å². The van der Waals surface area contributed by atoms with Crippen LogP contribution in [0, 0.1) is 0 Å². The Balaban J connectivity index is 2.16. The number of nitrogens with two attached hydrogens (primary N) is 1. The number of hydrogen-bond donors (Lipinski definition) is 1. The highest BCUT2D eigenvalue weighted by atomic mass is 35.5. The molecule has 2 N–H and O–H groups in total. The predicted octanol–water partition coefficient (Wildman–Crippen LogP) is 2.07. The first-order valence-corrected chi connectivity index (χ1v) is 5.96. The third-order valence-electron chi connectivity index (χ3n) is 2.62. The first-order chi connectivity index (χ1) is 8.58. The maximum absolute atomic E-state index is 5.95. The van der Waals surface area contributed by atoms with Gasteiger partial charge in [0.25, 0.3) is 0 Å². The molecule has 18 heavy (non-hydrogen) atoms. The van der Waals surface area contributed by atoms with Crippen molar-refractivity contribution >= 4 is 11.6 Å². The Bertz CT molecular complexity index is 539. The van der Waals surface area contributed by atoms with Crippen molar-refractivity contribution in [3.63, 3.8) is 0 Å². The summed E-state index contributed by atoms with van der Waals surface area (Å²) in [4.78, 5) is 0. The van der Waals surface area contributed by atoms with Gasteiger partial charge in [-0.1, -0.05) is 11.6 Å². The molecule has 0 saturated heterocycles. The van der Waals surface area contributed by atoms with Crippen LogP contribution in [0.1, 0.15) is 24.4 Å². The van der Waals surface area contributed by atoms with E-state index in [2.05, 4.69) is 10.2 Å². The van der Waals surface area contributed by atoms with Crippen molar-refractivity contribution in [3.8, 4) is 5.75 Å². The summed E-state index contributed by atoms with van der Waals surface area (Å²) in [6.45, 7) is 2.23. The predicted molar refractivity (Wildman–Crippen MR) is 69.4 cm³/mol. The van der Waals surface area contributed by atoms with Crippen LogP contribution in [0.3, 0.4) is 0 Å². The minimum Gasteiger partial charge on any atom is -0.485 e. The van der Waals surface area contributed by atoms with Gasteiger partial charge >= 0.3 is 0 Å². The van der Waals surface area contributed by atoms with Crippen LogP contribution in [-0.2, 0) is 13.7 Å². The Labute approximate surface area is 111 Å². The van der Waals surface area contributed by atoms with Crippen LogP contribution in [0.15, 0.2) is 24.5 Å². The van der Waals surface area contributed by atoms with E-state index in [4.69, 9.17) is 22.1 Å². The van der Waals surface area contributed by atoms with Crippen molar-refractivity contribution in [2.24, 2.45) is 12.8 Å². The van der Waals surface area contributed by atoms with Crippen LogP contribution < -0.4 is 10.5 Å². The van der Waals surface area contributed by atoms with Gasteiger partial charge in [0, 0.05) is 23.7 Å². The zero-order valence-corrected chi connectivity index (χ0v) is 11.1. The summed E-state index contributed by atoms with van der Waals surface area (Å²) in [7, 11) is 1.87. The van der Waals surface area contributed by atoms with Crippen LogP contribution in [-0.4, -0.2) is 14.8 Å². The fraction of sp³-hybridized carbons (Fsp3) is 0.333. The molecule has 6 heteroatoms. The molecule has 96 valence electrons. The molecule has 0 aliphatic rings. The molecule has 0 aliphatic heterocycles. The number of ether oxygens (including phenoxy) is 1. The molecule has 0 bridgehead atoms. The summed E-state index contributed by atoms with van der Waals surface area (Å²) >= 11 is 5.95. The van der Waals surface area contributed by atoms with Crippen LogP contribution in [0.5, 0.6) is 5.75 Å². The van der Waals surface area contributed by atoms with Gasteiger partial charge in [0.2, 0.25) is 0 Å². The number of aryl methyl sites for hydroxylation is 1. The van der Waals surface area contributed by atoms with Gasteiger partial charge in [-0.2, -0.15) is 0 Å². The van der Waals surface area contributed by atoms with Crippen molar-refractivity contribution in [3.05, 3.63) is 40.9 Å². The number of aromatic nitrogens is 3.